The largest absolute Gasteiger partial charge is 0.488 e. The number of rotatable bonds is 11. The molecular weight excluding hydrogens is 412 g/mol. The number of carbonyl (C=O) groups excluding carboxylic acids is 1. The molecule has 0 radical (unpaired) electrons. The number of aromatic nitrogens is 2. The van der Waals surface area contributed by atoms with Crippen molar-refractivity contribution in [2.75, 3.05) is 13.2 Å². The molecule has 3 rings (SSSR count). The van der Waals surface area contributed by atoms with E-state index in [0.717, 1.165) is 38.9 Å². The van der Waals surface area contributed by atoms with Gasteiger partial charge >= 0.3 is 5.97 Å². The highest BCUT2D eigenvalue weighted by Gasteiger charge is 2.20. The van der Waals surface area contributed by atoms with E-state index in [9.17, 15) is 4.79 Å². The Balaban J connectivity index is 1.55. The second-order valence-corrected chi connectivity index (χ2v) is 8.04. The number of benzene rings is 1. The monoisotopic (exact) mass is 440 g/mol. The highest BCUT2D eigenvalue weighted by molar-refractivity contribution is 7.15. The van der Waals surface area contributed by atoms with Crippen LogP contribution < -0.4 is 4.74 Å². The predicted molar refractivity (Wildman–Crippen MR) is 121 cm³/mol. The van der Waals surface area contributed by atoms with E-state index in [1.807, 2.05) is 55.7 Å². The van der Waals surface area contributed by atoms with Gasteiger partial charge < -0.3 is 14.2 Å². The number of thiophene rings is 1. The van der Waals surface area contributed by atoms with Gasteiger partial charge in [0, 0.05) is 30.3 Å². The van der Waals surface area contributed by atoms with Crippen molar-refractivity contribution in [3.05, 3.63) is 64.8 Å². The molecule has 0 spiro atoms. The Labute approximate surface area is 187 Å². The van der Waals surface area contributed by atoms with Crippen LogP contribution in [0.5, 0.6) is 5.75 Å². The van der Waals surface area contributed by atoms with Gasteiger partial charge in [0.05, 0.1) is 11.5 Å². The van der Waals surface area contributed by atoms with Gasteiger partial charge in [-0.25, -0.2) is 14.8 Å². The van der Waals surface area contributed by atoms with Crippen molar-refractivity contribution in [3.8, 4) is 16.5 Å². The summed E-state index contributed by atoms with van der Waals surface area (Å²) < 4.78 is 16.5. The van der Waals surface area contributed by atoms with E-state index in [1.54, 1.807) is 18.3 Å². The Hall–Kier alpha value is -2.77. The van der Waals surface area contributed by atoms with Gasteiger partial charge in [-0.2, -0.15) is 0 Å². The third-order valence-corrected chi connectivity index (χ3v) is 5.69. The molecule has 0 saturated carbocycles. The Morgan fingerprint density at radius 1 is 0.968 bits per heavy atom. The van der Waals surface area contributed by atoms with Gasteiger partial charge in [0.15, 0.2) is 11.9 Å². The Morgan fingerprint density at radius 3 is 2.35 bits per heavy atom. The van der Waals surface area contributed by atoms with E-state index in [2.05, 4.69) is 16.9 Å². The number of hydrogen-bond donors (Lipinski definition) is 0. The van der Waals surface area contributed by atoms with Crippen LogP contribution in [0.25, 0.3) is 10.7 Å². The predicted octanol–water partition coefficient (Wildman–Crippen LogP) is 4.86. The molecule has 1 atom stereocenters. The lowest BCUT2D eigenvalue weighted by atomic mass is 10.1. The summed E-state index contributed by atoms with van der Waals surface area (Å²) >= 11 is 1.63. The summed E-state index contributed by atoms with van der Waals surface area (Å²) in [5.41, 5.74) is 2.12. The van der Waals surface area contributed by atoms with Crippen molar-refractivity contribution in [1.29, 1.82) is 0 Å². The smallest absolute Gasteiger partial charge is 0.335 e. The normalized spacial score (nSPS) is 11.8. The summed E-state index contributed by atoms with van der Waals surface area (Å²) in [6, 6.07) is 11.8. The molecule has 0 saturated heterocycles. The summed E-state index contributed by atoms with van der Waals surface area (Å²) in [4.78, 5) is 23.0. The fourth-order valence-electron chi connectivity index (χ4n) is 2.98. The lowest BCUT2D eigenvalue weighted by Gasteiger charge is -2.15. The number of aryl methyl sites for hydroxylation is 1. The van der Waals surface area contributed by atoms with Crippen LogP contribution in [0, 0.1) is 0 Å². The Kier molecular flexibility index (Phi) is 8.55. The third kappa shape index (κ3) is 6.60. The average Bonchev–Trinajstić information content (AvgIpc) is 3.27. The summed E-state index contributed by atoms with van der Waals surface area (Å²) in [5, 5.41) is 0. The molecule has 1 aromatic carbocycles. The minimum Gasteiger partial charge on any atom is -0.488 e. The maximum Gasteiger partial charge on any atom is 0.335 e. The number of esters is 1. The molecule has 6 nitrogen and oxygen atoms in total. The molecule has 3 aromatic rings. The van der Waals surface area contributed by atoms with Crippen molar-refractivity contribution < 1.29 is 19.0 Å². The first-order valence-electron chi connectivity index (χ1n) is 10.5. The number of carbonyl (C=O) groups is 1. The van der Waals surface area contributed by atoms with Crippen LogP contribution in [-0.2, 0) is 33.7 Å². The maximum atomic E-state index is 12.0. The minimum atomic E-state index is -0.588. The van der Waals surface area contributed by atoms with Crippen LogP contribution in [-0.4, -0.2) is 35.3 Å². The van der Waals surface area contributed by atoms with Crippen molar-refractivity contribution >= 4 is 17.3 Å². The van der Waals surface area contributed by atoms with E-state index in [-0.39, 0.29) is 5.97 Å². The molecule has 2 aromatic heterocycles. The highest BCUT2D eigenvalue weighted by Crippen LogP contribution is 2.26. The fourth-order valence-corrected chi connectivity index (χ4v) is 3.85. The third-order valence-electron chi connectivity index (χ3n) is 4.64. The summed E-state index contributed by atoms with van der Waals surface area (Å²) in [7, 11) is 0. The molecule has 164 valence electrons. The van der Waals surface area contributed by atoms with Gasteiger partial charge in [-0.1, -0.05) is 19.1 Å². The maximum absolute atomic E-state index is 12.0. The van der Waals surface area contributed by atoms with E-state index in [0.29, 0.717) is 26.2 Å². The molecule has 1 unspecified atom stereocenters. The van der Waals surface area contributed by atoms with Crippen molar-refractivity contribution in [1.82, 2.24) is 9.97 Å². The summed E-state index contributed by atoms with van der Waals surface area (Å²) in [5.74, 6) is 1.18. The minimum absolute atomic E-state index is 0.327. The first-order valence-corrected chi connectivity index (χ1v) is 11.3. The Morgan fingerprint density at radius 2 is 1.71 bits per heavy atom. The summed E-state index contributed by atoms with van der Waals surface area (Å²) in [6.45, 7) is 7.02. The molecule has 0 aliphatic carbocycles. The molecule has 0 amide bonds. The van der Waals surface area contributed by atoms with E-state index in [1.165, 1.54) is 0 Å². The molecule has 0 aliphatic rings. The number of hydrogen-bond acceptors (Lipinski definition) is 7. The van der Waals surface area contributed by atoms with Crippen LogP contribution in [0.2, 0.25) is 0 Å². The average molecular weight is 441 g/mol. The van der Waals surface area contributed by atoms with Crippen LogP contribution in [0.15, 0.2) is 48.8 Å². The van der Waals surface area contributed by atoms with Gasteiger partial charge in [0.1, 0.15) is 12.4 Å². The van der Waals surface area contributed by atoms with Gasteiger partial charge in [0.2, 0.25) is 0 Å². The first-order chi connectivity index (χ1) is 15.1. The fraction of sp³-hybridized carbons (Fsp3) is 0.375. The number of nitrogens with zero attached hydrogens (tertiary/aromatic N) is 2. The zero-order valence-corrected chi connectivity index (χ0v) is 19.0. The topological polar surface area (TPSA) is 70.5 Å². The molecule has 31 heavy (non-hydrogen) atoms. The van der Waals surface area contributed by atoms with Gasteiger partial charge in [-0.05, 0) is 55.7 Å². The highest BCUT2D eigenvalue weighted by atomic mass is 32.1. The molecule has 0 bridgehead atoms. The van der Waals surface area contributed by atoms with Gasteiger partial charge in [0.25, 0.3) is 0 Å². The van der Waals surface area contributed by atoms with Crippen LogP contribution in [0.3, 0.4) is 0 Å². The molecule has 0 N–H and O–H groups in total. The van der Waals surface area contributed by atoms with Crippen molar-refractivity contribution in [2.24, 2.45) is 0 Å². The molecule has 2 heterocycles. The number of ether oxygens (including phenoxy) is 3. The van der Waals surface area contributed by atoms with E-state index in [4.69, 9.17) is 14.2 Å². The van der Waals surface area contributed by atoms with Crippen LogP contribution >= 0.6 is 11.3 Å². The second kappa shape index (κ2) is 11.6. The zero-order valence-electron chi connectivity index (χ0n) is 18.2. The molecule has 0 aliphatic heterocycles. The zero-order chi connectivity index (χ0) is 22.1. The second-order valence-electron chi connectivity index (χ2n) is 6.87. The van der Waals surface area contributed by atoms with Crippen LogP contribution in [0.1, 0.15) is 36.8 Å². The lowest BCUT2D eigenvalue weighted by Crippen LogP contribution is -2.28. The first kappa shape index (κ1) is 22.9. The van der Waals surface area contributed by atoms with Crippen LogP contribution in [0.4, 0.5) is 0 Å². The molecule has 7 heteroatoms. The lowest BCUT2D eigenvalue weighted by molar-refractivity contribution is -0.156. The molecular formula is C24H28N2O4S. The molecule has 0 fully saturated rings. The SMILES string of the molecule is CCOC(=O)C(Cc1ccc(OCc2ccc(-c3ncc(CC)cn3)s2)cc1)OCC. The standard InChI is InChI=1S/C24H28N2O4S/c1-4-17-14-25-23(26-15-17)22-12-11-20(31-22)16-30-19-9-7-18(8-10-19)13-21(28-5-2)24(27)29-6-3/h7-12,14-15,21H,4-6,13,16H2,1-3H3. The quantitative estimate of drug-likeness (QED) is 0.397. The van der Waals surface area contributed by atoms with E-state index < -0.39 is 6.10 Å². The summed E-state index contributed by atoms with van der Waals surface area (Å²) in [6.07, 6.45) is 4.56. The Bertz CT molecular complexity index is 954. The van der Waals surface area contributed by atoms with E-state index >= 15 is 0 Å². The van der Waals surface area contributed by atoms with Gasteiger partial charge in [-0.15, -0.1) is 11.3 Å². The van der Waals surface area contributed by atoms with Crippen molar-refractivity contribution in [2.45, 2.75) is 46.3 Å². The van der Waals surface area contributed by atoms with Gasteiger partial charge in [-0.3, -0.25) is 0 Å². The van der Waals surface area contributed by atoms with Crippen molar-refractivity contribution in [3.63, 3.8) is 0 Å².